The predicted octanol–water partition coefficient (Wildman–Crippen LogP) is 7.60. The molecule has 4 aromatic carbocycles. The largest absolute Gasteiger partial charge is 0.0701 e. The highest BCUT2D eigenvalue weighted by molar-refractivity contribution is 14.1. The minimum absolute atomic E-state index is 0.362. The fourth-order valence-corrected chi connectivity index (χ4v) is 4.47. The van der Waals surface area contributed by atoms with Crippen molar-refractivity contribution in [3.63, 3.8) is 0 Å². The van der Waals surface area contributed by atoms with Gasteiger partial charge >= 0.3 is 0 Å². The first-order valence-electron chi connectivity index (χ1n) is 9.97. The van der Waals surface area contributed by atoms with Gasteiger partial charge in [-0.25, -0.2) is 0 Å². The quantitative estimate of drug-likeness (QED) is 0.205. The molecular formula is C28H25I. The van der Waals surface area contributed by atoms with Gasteiger partial charge in [0, 0.05) is 3.57 Å². The van der Waals surface area contributed by atoms with E-state index >= 15 is 0 Å². The van der Waals surface area contributed by atoms with Crippen LogP contribution in [-0.2, 0) is 5.41 Å². The van der Waals surface area contributed by atoms with Crippen LogP contribution in [-0.4, -0.2) is 0 Å². The molecule has 0 heterocycles. The monoisotopic (exact) mass is 488 g/mol. The first-order chi connectivity index (χ1) is 14.0. The number of hydrogen-bond donors (Lipinski definition) is 0. The molecule has 144 valence electrons. The Bertz CT molecular complexity index is 900. The first-order valence-corrected chi connectivity index (χ1v) is 11.1. The summed E-state index contributed by atoms with van der Waals surface area (Å²) in [4.78, 5) is 0. The summed E-state index contributed by atoms with van der Waals surface area (Å²) < 4.78 is 1.25. The highest BCUT2D eigenvalue weighted by Crippen LogP contribution is 2.45. The maximum atomic E-state index is 2.38. The molecule has 0 radical (unpaired) electrons. The Kier molecular flexibility index (Phi) is 5.60. The van der Waals surface area contributed by atoms with E-state index in [4.69, 9.17) is 0 Å². The number of hydrogen-bond acceptors (Lipinski definition) is 0. The van der Waals surface area contributed by atoms with Crippen LogP contribution in [0.3, 0.4) is 0 Å². The molecule has 0 aliphatic heterocycles. The van der Waals surface area contributed by atoms with Crippen molar-refractivity contribution < 1.29 is 0 Å². The van der Waals surface area contributed by atoms with Gasteiger partial charge < -0.3 is 0 Å². The molecule has 29 heavy (non-hydrogen) atoms. The standard InChI is InChI=1S/C28H25I/c1-20-4-10-23(11-5-20)28(24-12-6-21(2)7-13-24,25-14-8-22(3)9-15-25)26-16-18-27(29)19-17-26/h4-19H,1-3H3. The second-order valence-corrected chi connectivity index (χ2v) is 9.10. The van der Waals surface area contributed by atoms with Gasteiger partial charge in [0.15, 0.2) is 0 Å². The summed E-state index contributed by atoms with van der Waals surface area (Å²) in [5, 5.41) is 0. The molecule has 0 aliphatic carbocycles. The highest BCUT2D eigenvalue weighted by Gasteiger charge is 2.38. The van der Waals surface area contributed by atoms with Gasteiger partial charge in [0.2, 0.25) is 0 Å². The summed E-state index contributed by atoms with van der Waals surface area (Å²) in [5.41, 5.74) is 8.62. The van der Waals surface area contributed by atoms with E-state index in [9.17, 15) is 0 Å². The van der Waals surface area contributed by atoms with E-state index in [1.54, 1.807) is 0 Å². The van der Waals surface area contributed by atoms with Gasteiger partial charge in [-0.1, -0.05) is 102 Å². The summed E-state index contributed by atoms with van der Waals surface area (Å²) >= 11 is 2.38. The molecule has 0 aliphatic rings. The molecule has 0 amide bonds. The third kappa shape index (κ3) is 3.76. The van der Waals surface area contributed by atoms with E-state index < -0.39 is 0 Å². The Morgan fingerprint density at radius 3 is 0.931 bits per heavy atom. The Hall–Kier alpha value is -2.39. The van der Waals surface area contributed by atoms with Crippen LogP contribution in [0.2, 0.25) is 0 Å². The molecular weight excluding hydrogens is 463 g/mol. The van der Waals surface area contributed by atoms with Gasteiger partial charge in [-0.3, -0.25) is 0 Å². The van der Waals surface area contributed by atoms with Crippen LogP contribution in [0.1, 0.15) is 38.9 Å². The number of benzene rings is 4. The van der Waals surface area contributed by atoms with Crippen molar-refractivity contribution in [1.29, 1.82) is 0 Å². The predicted molar refractivity (Wildman–Crippen MR) is 132 cm³/mol. The lowest BCUT2D eigenvalue weighted by atomic mass is 9.65. The molecule has 0 N–H and O–H groups in total. The lowest BCUT2D eigenvalue weighted by Gasteiger charge is -2.37. The summed E-state index contributed by atoms with van der Waals surface area (Å²) in [7, 11) is 0. The molecule has 0 fully saturated rings. The van der Waals surface area contributed by atoms with Gasteiger partial charge in [-0.05, 0) is 77.7 Å². The van der Waals surface area contributed by atoms with E-state index in [0.29, 0.717) is 0 Å². The van der Waals surface area contributed by atoms with Crippen LogP contribution in [0.25, 0.3) is 0 Å². The van der Waals surface area contributed by atoms with Crippen molar-refractivity contribution in [2.75, 3.05) is 0 Å². The molecule has 0 aromatic heterocycles. The van der Waals surface area contributed by atoms with Crippen LogP contribution in [0.4, 0.5) is 0 Å². The maximum Gasteiger partial charge on any atom is 0.0701 e. The third-order valence-electron chi connectivity index (χ3n) is 5.73. The second kappa shape index (κ2) is 8.16. The zero-order valence-corrected chi connectivity index (χ0v) is 19.3. The van der Waals surface area contributed by atoms with Crippen molar-refractivity contribution in [2.45, 2.75) is 26.2 Å². The van der Waals surface area contributed by atoms with Gasteiger partial charge in [0.25, 0.3) is 0 Å². The molecule has 0 bridgehead atoms. The first kappa shape index (κ1) is 19.9. The average Bonchev–Trinajstić information content (AvgIpc) is 2.73. The lowest BCUT2D eigenvalue weighted by Crippen LogP contribution is -2.31. The fraction of sp³-hybridized carbons (Fsp3) is 0.143. The SMILES string of the molecule is Cc1ccc(C(c2ccc(C)cc2)(c2ccc(C)cc2)c2ccc(I)cc2)cc1. The number of rotatable bonds is 4. The Morgan fingerprint density at radius 1 is 0.414 bits per heavy atom. The molecule has 0 saturated carbocycles. The van der Waals surface area contributed by atoms with Crippen LogP contribution < -0.4 is 0 Å². The van der Waals surface area contributed by atoms with Gasteiger partial charge in [-0.2, -0.15) is 0 Å². The van der Waals surface area contributed by atoms with E-state index in [1.165, 1.54) is 42.5 Å². The fourth-order valence-electron chi connectivity index (χ4n) is 4.11. The van der Waals surface area contributed by atoms with E-state index in [-0.39, 0.29) is 5.41 Å². The van der Waals surface area contributed by atoms with Crippen LogP contribution in [0.15, 0.2) is 97.1 Å². The number of aryl methyl sites for hydroxylation is 3. The molecule has 0 spiro atoms. The van der Waals surface area contributed by atoms with E-state index in [1.807, 2.05) is 0 Å². The van der Waals surface area contributed by atoms with Gasteiger partial charge in [0.05, 0.1) is 5.41 Å². The molecule has 1 heteroatoms. The lowest BCUT2D eigenvalue weighted by molar-refractivity contribution is 0.743. The van der Waals surface area contributed by atoms with E-state index in [0.717, 1.165) is 0 Å². The van der Waals surface area contributed by atoms with Gasteiger partial charge in [-0.15, -0.1) is 0 Å². The molecule has 0 unspecified atom stereocenters. The Labute approximate surface area is 187 Å². The van der Waals surface area contributed by atoms with Crippen LogP contribution >= 0.6 is 22.6 Å². The molecule has 0 saturated heterocycles. The highest BCUT2D eigenvalue weighted by atomic mass is 127. The topological polar surface area (TPSA) is 0 Å². The van der Waals surface area contributed by atoms with E-state index in [2.05, 4.69) is 140 Å². The molecule has 0 nitrogen and oxygen atoms in total. The molecule has 4 rings (SSSR count). The molecule has 0 atom stereocenters. The average molecular weight is 488 g/mol. The molecule has 4 aromatic rings. The zero-order valence-electron chi connectivity index (χ0n) is 17.1. The summed E-state index contributed by atoms with van der Waals surface area (Å²) in [6.07, 6.45) is 0. The van der Waals surface area contributed by atoms with Gasteiger partial charge in [0.1, 0.15) is 0 Å². The summed E-state index contributed by atoms with van der Waals surface area (Å²) in [6, 6.07) is 36.0. The van der Waals surface area contributed by atoms with Crippen molar-refractivity contribution >= 4 is 22.6 Å². The van der Waals surface area contributed by atoms with Crippen molar-refractivity contribution in [1.82, 2.24) is 0 Å². The van der Waals surface area contributed by atoms with Crippen LogP contribution in [0, 0.1) is 24.3 Å². The summed E-state index contributed by atoms with van der Waals surface area (Å²) in [6.45, 7) is 6.44. The van der Waals surface area contributed by atoms with Crippen molar-refractivity contribution in [3.8, 4) is 0 Å². The minimum atomic E-state index is -0.362. The van der Waals surface area contributed by atoms with Crippen molar-refractivity contribution in [3.05, 3.63) is 140 Å². The number of halogens is 1. The maximum absolute atomic E-state index is 2.38. The second-order valence-electron chi connectivity index (χ2n) is 7.85. The van der Waals surface area contributed by atoms with Crippen molar-refractivity contribution in [2.24, 2.45) is 0 Å². The Morgan fingerprint density at radius 2 is 0.655 bits per heavy atom. The minimum Gasteiger partial charge on any atom is -0.0590 e. The smallest absolute Gasteiger partial charge is 0.0590 e. The third-order valence-corrected chi connectivity index (χ3v) is 6.45. The summed E-state index contributed by atoms with van der Waals surface area (Å²) in [5.74, 6) is 0. The van der Waals surface area contributed by atoms with Crippen LogP contribution in [0.5, 0.6) is 0 Å². The normalized spacial score (nSPS) is 11.4. The zero-order chi connectivity index (χ0) is 20.4. The Balaban J connectivity index is 2.11.